The largest absolute Gasteiger partial charge is 0.493 e. The van der Waals surface area contributed by atoms with Crippen LogP contribution in [0.3, 0.4) is 0 Å². The molecule has 1 aliphatic rings. The van der Waals surface area contributed by atoms with Gasteiger partial charge >= 0.3 is 0 Å². The van der Waals surface area contributed by atoms with Gasteiger partial charge in [-0.1, -0.05) is 12.8 Å². The van der Waals surface area contributed by atoms with Gasteiger partial charge in [0.25, 0.3) is 0 Å². The maximum atomic E-state index is 6.32. The number of imidazole rings is 1. The summed E-state index contributed by atoms with van der Waals surface area (Å²) in [6.07, 6.45) is 8.17. The van der Waals surface area contributed by atoms with Gasteiger partial charge < -0.3 is 20.5 Å². The Morgan fingerprint density at radius 3 is 2.70 bits per heavy atom. The van der Waals surface area contributed by atoms with Gasteiger partial charge in [-0.05, 0) is 31.0 Å². The minimum atomic E-state index is 0.142. The number of aromatic nitrogens is 3. The maximum absolute atomic E-state index is 6.32. The number of ether oxygens (including phenoxy) is 2. The number of methoxy groups -OCH3 is 2. The number of nitrogens with two attached hydrogens (primary N) is 1. The van der Waals surface area contributed by atoms with Crippen LogP contribution in [-0.2, 0) is 0 Å². The number of nitrogens with one attached hydrogen (secondary N) is 1. The topological polar surface area (TPSA) is 86.7 Å². The van der Waals surface area contributed by atoms with Crippen LogP contribution < -0.4 is 20.5 Å². The van der Waals surface area contributed by atoms with Gasteiger partial charge in [-0.15, -0.1) is 0 Å². The Hall–Kier alpha value is -2.80. The molecule has 1 aromatic carbocycles. The van der Waals surface area contributed by atoms with Crippen molar-refractivity contribution in [1.82, 2.24) is 14.4 Å². The van der Waals surface area contributed by atoms with Gasteiger partial charge in [0.05, 0.1) is 19.9 Å². The normalized spacial score (nSPS) is 19.8. The molecule has 27 heavy (non-hydrogen) atoms. The van der Waals surface area contributed by atoms with Gasteiger partial charge in [0.2, 0.25) is 5.95 Å². The second-order valence-electron chi connectivity index (χ2n) is 6.89. The summed E-state index contributed by atoms with van der Waals surface area (Å²) < 4.78 is 12.7. The molecule has 142 valence electrons. The van der Waals surface area contributed by atoms with E-state index < -0.39 is 0 Å². The van der Waals surface area contributed by atoms with Crippen molar-refractivity contribution in [3.63, 3.8) is 0 Å². The number of rotatable bonds is 5. The SMILES string of the molecule is COc1ccc(-c2cc3nccn3c(NC3CCCC[C@@H]3N)n2)cc1OC. The van der Waals surface area contributed by atoms with Crippen LogP contribution in [0.4, 0.5) is 5.95 Å². The lowest BCUT2D eigenvalue weighted by atomic mass is 9.91. The number of hydrogen-bond acceptors (Lipinski definition) is 6. The number of anilines is 1. The molecule has 0 aliphatic heterocycles. The first-order valence-electron chi connectivity index (χ1n) is 9.28. The van der Waals surface area contributed by atoms with Crippen molar-refractivity contribution in [3.05, 3.63) is 36.7 Å². The van der Waals surface area contributed by atoms with Gasteiger partial charge in [-0.2, -0.15) is 0 Å². The molecule has 2 heterocycles. The van der Waals surface area contributed by atoms with Gasteiger partial charge in [0.1, 0.15) is 5.65 Å². The fraction of sp³-hybridized carbons (Fsp3) is 0.400. The van der Waals surface area contributed by atoms with Crippen molar-refractivity contribution in [3.8, 4) is 22.8 Å². The molecule has 4 rings (SSSR count). The average molecular weight is 367 g/mol. The third-order valence-corrected chi connectivity index (χ3v) is 5.20. The van der Waals surface area contributed by atoms with Crippen molar-refractivity contribution < 1.29 is 9.47 Å². The molecule has 0 bridgehead atoms. The second kappa shape index (κ2) is 7.44. The lowest BCUT2D eigenvalue weighted by Crippen LogP contribution is -2.43. The maximum Gasteiger partial charge on any atom is 0.209 e. The fourth-order valence-corrected chi connectivity index (χ4v) is 3.67. The quantitative estimate of drug-likeness (QED) is 0.721. The zero-order valence-corrected chi connectivity index (χ0v) is 15.7. The number of hydrogen-bond donors (Lipinski definition) is 2. The molecule has 7 heteroatoms. The molecule has 0 amide bonds. The third kappa shape index (κ3) is 3.42. The predicted octanol–water partition coefficient (Wildman–Crippen LogP) is 3.10. The molecule has 1 aliphatic carbocycles. The van der Waals surface area contributed by atoms with Gasteiger partial charge in [0, 0.05) is 36.1 Å². The van der Waals surface area contributed by atoms with E-state index in [9.17, 15) is 0 Å². The van der Waals surface area contributed by atoms with Crippen molar-refractivity contribution in [2.75, 3.05) is 19.5 Å². The van der Waals surface area contributed by atoms with Crippen LogP contribution in [0.2, 0.25) is 0 Å². The Morgan fingerprint density at radius 1 is 1.11 bits per heavy atom. The molecular weight excluding hydrogens is 342 g/mol. The van der Waals surface area contributed by atoms with Crippen LogP contribution >= 0.6 is 0 Å². The predicted molar refractivity (Wildman–Crippen MR) is 105 cm³/mol. The number of nitrogens with zero attached hydrogens (tertiary/aromatic N) is 3. The van der Waals surface area contributed by atoms with Crippen molar-refractivity contribution in [1.29, 1.82) is 0 Å². The van der Waals surface area contributed by atoms with E-state index in [1.807, 2.05) is 34.9 Å². The van der Waals surface area contributed by atoms with Crippen LogP contribution in [0.25, 0.3) is 16.9 Å². The summed E-state index contributed by atoms with van der Waals surface area (Å²) in [5.41, 5.74) is 8.91. The molecule has 1 saturated carbocycles. The van der Waals surface area contributed by atoms with Gasteiger partial charge in [-0.25, -0.2) is 9.97 Å². The summed E-state index contributed by atoms with van der Waals surface area (Å²) in [5, 5.41) is 3.55. The van der Waals surface area contributed by atoms with E-state index in [0.29, 0.717) is 11.5 Å². The van der Waals surface area contributed by atoms with E-state index in [1.165, 1.54) is 12.8 Å². The first-order valence-corrected chi connectivity index (χ1v) is 9.28. The second-order valence-corrected chi connectivity index (χ2v) is 6.89. The summed E-state index contributed by atoms with van der Waals surface area (Å²) >= 11 is 0. The molecule has 0 saturated heterocycles. The van der Waals surface area contributed by atoms with Crippen molar-refractivity contribution in [2.45, 2.75) is 37.8 Å². The van der Waals surface area contributed by atoms with Crippen LogP contribution in [0.1, 0.15) is 25.7 Å². The van der Waals surface area contributed by atoms with E-state index in [0.717, 1.165) is 35.7 Å². The molecule has 2 aromatic heterocycles. The summed E-state index contributed by atoms with van der Waals surface area (Å²) in [6, 6.07) is 8.11. The minimum absolute atomic E-state index is 0.142. The Morgan fingerprint density at radius 2 is 1.93 bits per heavy atom. The van der Waals surface area contributed by atoms with Crippen molar-refractivity contribution in [2.24, 2.45) is 5.73 Å². The smallest absolute Gasteiger partial charge is 0.209 e. The van der Waals surface area contributed by atoms with Crippen LogP contribution in [0.5, 0.6) is 11.5 Å². The Labute approximate surface area is 158 Å². The van der Waals surface area contributed by atoms with Gasteiger partial charge in [-0.3, -0.25) is 4.40 Å². The van der Waals surface area contributed by atoms with E-state index in [4.69, 9.17) is 20.2 Å². The highest BCUT2D eigenvalue weighted by Gasteiger charge is 2.23. The van der Waals surface area contributed by atoms with E-state index >= 15 is 0 Å². The third-order valence-electron chi connectivity index (χ3n) is 5.20. The highest BCUT2D eigenvalue weighted by atomic mass is 16.5. The summed E-state index contributed by atoms with van der Waals surface area (Å²) in [7, 11) is 3.26. The Kier molecular flexibility index (Phi) is 4.85. The summed E-state index contributed by atoms with van der Waals surface area (Å²) in [5.74, 6) is 2.12. The standard InChI is InChI=1S/C20H25N5O2/c1-26-17-8-7-13(11-18(17)27-2)16-12-19-22-9-10-25(19)20(24-16)23-15-6-4-3-5-14(15)21/h7-12,14-15H,3-6,21H2,1-2H3,(H,23,24)/t14-,15?/m0/s1. The Balaban J connectivity index is 1.74. The molecule has 3 aromatic rings. The lowest BCUT2D eigenvalue weighted by molar-refractivity contribution is 0.355. The molecule has 2 atom stereocenters. The zero-order chi connectivity index (χ0) is 18.8. The zero-order valence-electron chi connectivity index (χ0n) is 15.7. The lowest BCUT2D eigenvalue weighted by Gasteiger charge is -2.30. The molecule has 0 radical (unpaired) electrons. The van der Waals surface area contributed by atoms with Crippen LogP contribution in [0.15, 0.2) is 36.7 Å². The number of fused-ring (bicyclic) bond motifs is 1. The molecule has 7 nitrogen and oxygen atoms in total. The van der Waals surface area contributed by atoms with Gasteiger partial charge in [0.15, 0.2) is 11.5 Å². The van der Waals surface area contributed by atoms with Crippen LogP contribution in [0, 0.1) is 0 Å². The monoisotopic (exact) mass is 367 g/mol. The minimum Gasteiger partial charge on any atom is -0.493 e. The summed E-state index contributed by atoms with van der Waals surface area (Å²) in [6.45, 7) is 0. The molecule has 3 N–H and O–H groups in total. The first kappa shape index (κ1) is 17.6. The summed E-state index contributed by atoms with van der Waals surface area (Å²) in [4.78, 5) is 9.31. The van der Waals surface area contributed by atoms with E-state index in [-0.39, 0.29) is 12.1 Å². The molecular formula is C20H25N5O2. The molecule has 0 spiro atoms. The first-order chi connectivity index (χ1) is 13.2. The Bertz CT molecular complexity index is 939. The average Bonchev–Trinajstić information content (AvgIpc) is 3.18. The van der Waals surface area contributed by atoms with E-state index in [1.54, 1.807) is 20.4 Å². The van der Waals surface area contributed by atoms with E-state index in [2.05, 4.69) is 10.3 Å². The number of benzene rings is 1. The fourth-order valence-electron chi connectivity index (χ4n) is 3.67. The highest BCUT2D eigenvalue weighted by Crippen LogP contribution is 2.32. The molecule has 1 unspecified atom stereocenters. The highest BCUT2D eigenvalue weighted by molar-refractivity contribution is 5.69. The van der Waals surface area contributed by atoms with Crippen molar-refractivity contribution >= 4 is 11.6 Å². The molecule has 1 fully saturated rings. The van der Waals surface area contributed by atoms with Crippen LogP contribution in [-0.4, -0.2) is 40.7 Å².